The number of carbonyl (C=O) groups excluding carboxylic acids is 2. The van der Waals surface area contributed by atoms with E-state index < -0.39 is 6.04 Å². The molecule has 0 bridgehead atoms. The van der Waals surface area contributed by atoms with Crippen molar-refractivity contribution in [3.63, 3.8) is 0 Å². The van der Waals surface area contributed by atoms with Crippen molar-refractivity contribution in [2.24, 2.45) is 12.8 Å². The lowest BCUT2D eigenvalue weighted by atomic mass is 9.95. The normalized spacial score (nSPS) is 17.3. The van der Waals surface area contributed by atoms with E-state index in [1.54, 1.807) is 24.7 Å². The van der Waals surface area contributed by atoms with Gasteiger partial charge in [0.05, 0.1) is 6.04 Å². The Morgan fingerprint density at radius 1 is 1.38 bits per heavy atom. The van der Waals surface area contributed by atoms with E-state index >= 15 is 0 Å². The highest BCUT2D eigenvalue weighted by Crippen LogP contribution is 2.18. The summed E-state index contributed by atoms with van der Waals surface area (Å²) in [4.78, 5) is 27.9. The molecule has 1 saturated carbocycles. The van der Waals surface area contributed by atoms with E-state index in [2.05, 4.69) is 15.6 Å². The molecule has 1 fully saturated rings. The second-order valence-electron chi connectivity index (χ2n) is 5.65. The van der Waals surface area contributed by atoms with Crippen molar-refractivity contribution >= 4 is 17.6 Å². The minimum absolute atomic E-state index is 0.203. The third kappa shape index (κ3) is 4.04. The summed E-state index contributed by atoms with van der Waals surface area (Å²) < 4.78 is 1.61. The van der Waals surface area contributed by atoms with Crippen molar-refractivity contribution in [3.8, 4) is 0 Å². The summed E-state index contributed by atoms with van der Waals surface area (Å²) in [6.45, 7) is 1.59. The van der Waals surface area contributed by atoms with Gasteiger partial charge >= 0.3 is 0 Å². The van der Waals surface area contributed by atoms with Crippen LogP contribution in [0.1, 0.15) is 49.6 Å². The molecule has 21 heavy (non-hydrogen) atoms. The van der Waals surface area contributed by atoms with Crippen LogP contribution in [0.5, 0.6) is 0 Å². The van der Waals surface area contributed by atoms with Gasteiger partial charge in [-0.15, -0.1) is 0 Å². The van der Waals surface area contributed by atoms with Crippen molar-refractivity contribution in [2.45, 2.75) is 51.1 Å². The van der Waals surface area contributed by atoms with Gasteiger partial charge in [0.25, 0.3) is 5.91 Å². The molecule has 4 N–H and O–H groups in total. The number of aromatic nitrogens is 2. The number of nitrogens with two attached hydrogens (primary N) is 1. The largest absolute Gasteiger partial charge is 0.347 e. The number of aryl methyl sites for hydroxylation is 1. The number of hydrogen-bond donors (Lipinski definition) is 3. The molecule has 2 amide bonds. The summed E-state index contributed by atoms with van der Waals surface area (Å²) in [6, 6.07) is -0.392. The maximum atomic E-state index is 12.2. The predicted octanol–water partition coefficient (Wildman–Crippen LogP) is 0.768. The molecule has 0 aromatic carbocycles. The quantitative estimate of drug-likeness (QED) is 0.763. The molecule has 1 atom stereocenters. The first-order valence-electron chi connectivity index (χ1n) is 7.38. The minimum atomic E-state index is -0.619. The van der Waals surface area contributed by atoms with Gasteiger partial charge in [0.1, 0.15) is 0 Å². The van der Waals surface area contributed by atoms with Crippen molar-refractivity contribution in [1.29, 1.82) is 0 Å². The molecular weight excluding hydrogens is 270 g/mol. The average molecular weight is 293 g/mol. The van der Waals surface area contributed by atoms with Gasteiger partial charge in [0, 0.05) is 19.3 Å². The van der Waals surface area contributed by atoms with Gasteiger partial charge in [-0.2, -0.15) is 0 Å². The third-order valence-electron chi connectivity index (χ3n) is 3.68. The smallest absolute Gasteiger partial charge is 0.287 e. The molecule has 1 aromatic rings. The molecule has 7 nitrogen and oxygen atoms in total. The molecule has 7 heteroatoms. The van der Waals surface area contributed by atoms with Crippen LogP contribution in [0.15, 0.2) is 6.20 Å². The SMILES string of the molecule is CC(N)C(=O)Nc1cn(C)c(C(=O)NC2CCCCC2)n1. The Hall–Kier alpha value is -1.89. The van der Waals surface area contributed by atoms with E-state index in [-0.39, 0.29) is 17.9 Å². The summed E-state index contributed by atoms with van der Waals surface area (Å²) in [5, 5.41) is 5.59. The number of nitrogens with zero attached hydrogens (tertiary/aromatic N) is 2. The van der Waals surface area contributed by atoms with E-state index in [1.807, 2.05) is 0 Å². The molecule has 116 valence electrons. The van der Waals surface area contributed by atoms with Crippen LogP contribution in [0.2, 0.25) is 0 Å². The average Bonchev–Trinajstić information content (AvgIpc) is 2.80. The molecule has 0 spiro atoms. The highest BCUT2D eigenvalue weighted by molar-refractivity contribution is 5.95. The molecule has 0 saturated heterocycles. The van der Waals surface area contributed by atoms with E-state index in [1.165, 1.54) is 6.42 Å². The lowest BCUT2D eigenvalue weighted by Gasteiger charge is -2.22. The van der Waals surface area contributed by atoms with Crippen LogP contribution in [0.4, 0.5) is 5.82 Å². The number of anilines is 1. The molecule has 1 aromatic heterocycles. The molecule has 1 aliphatic rings. The van der Waals surface area contributed by atoms with Crippen LogP contribution in [0.3, 0.4) is 0 Å². The zero-order chi connectivity index (χ0) is 15.4. The molecular formula is C14H23N5O2. The minimum Gasteiger partial charge on any atom is -0.347 e. The van der Waals surface area contributed by atoms with Crippen molar-refractivity contribution in [2.75, 3.05) is 5.32 Å². The second kappa shape index (κ2) is 6.71. The second-order valence-corrected chi connectivity index (χ2v) is 5.65. The standard InChI is InChI=1S/C14H23N5O2/c1-9(15)13(20)18-11-8-19(2)12(17-11)14(21)16-10-6-4-3-5-7-10/h8-10H,3-7,15H2,1-2H3,(H,16,21)(H,18,20). The first kappa shape index (κ1) is 15.5. The zero-order valence-electron chi connectivity index (χ0n) is 12.6. The first-order valence-corrected chi connectivity index (χ1v) is 7.38. The predicted molar refractivity (Wildman–Crippen MR) is 79.8 cm³/mol. The Bertz CT molecular complexity index is 517. The van der Waals surface area contributed by atoms with Crippen molar-refractivity contribution in [1.82, 2.24) is 14.9 Å². The summed E-state index contributed by atoms with van der Waals surface area (Å²) in [5.41, 5.74) is 5.49. The number of rotatable bonds is 4. The van der Waals surface area contributed by atoms with Crippen molar-refractivity contribution < 1.29 is 9.59 Å². The van der Waals surface area contributed by atoms with Gasteiger partial charge in [-0.05, 0) is 19.8 Å². The van der Waals surface area contributed by atoms with Crippen LogP contribution < -0.4 is 16.4 Å². The Morgan fingerprint density at radius 3 is 2.67 bits per heavy atom. The summed E-state index contributed by atoms with van der Waals surface area (Å²) in [5.74, 6) is 0.104. The van der Waals surface area contributed by atoms with Crippen LogP contribution in [-0.4, -0.2) is 33.4 Å². The monoisotopic (exact) mass is 293 g/mol. The third-order valence-corrected chi connectivity index (χ3v) is 3.68. The number of nitrogens with one attached hydrogen (secondary N) is 2. The summed E-state index contributed by atoms with van der Waals surface area (Å²) in [7, 11) is 1.73. The molecule has 2 rings (SSSR count). The number of amides is 2. The first-order chi connectivity index (χ1) is 9.97. The number of imidazole rings is 1. The van der Waals surface area contributed by atoms with Gasteiger partial charge in [0.2, 0.25) is 11.7 Å². The van der Waals surface area contributed by atoms with E-state index in [4.69, 9.17) is 5.73 Å². The number of hydrogen-bond acceptors (Lipinski definition) is 4. The van der Waals surface area contributed by atoms with E-state index in [0.29, 0.717) is 11.6 Å². The Kier molecular flexibility index (Phi) is 4.95. The Balaban J connectivity index is 2.00. The molecule has 1 unspecified atom stereocenters. The zero-order valence-corrected chi connectivity index (χ0v) is 12.6. The molecule has 0 radical (unpaired) electrons. The van der Waals surface area contributed by atoms with Gasteiger partial charge in [-0.25, -0.2) is 4.98 Å². The van der Waals surface area contributed by atoms with Gasteiger partial charge < -0.3 is 20.9 Å². The Morgan fingerprint density at radius 2 is 2.05 bits per heavy atom. The summed E-state index contributed by atoms with van der Waals surface area (Å²) >= 11 is 0. The summed E-state index contributed by atoms with van der Waals surface area (Å²) in [6.07, 6.45) is 7.19. The Labute approximate surface area is 124 Å². The lowest BCUT2D eigenvalue weighted by molar-refractivity contribution is -0.117. The topological polar surface area (TPSA) is 102 Å². The fourth-order valence-electron chi connectivity index (χ4n) is 2.47. The number of carbonyl (C=O) groups is 2. The molecule has 1 aliphatic carbocycles. The fraction of sp³-hybridized carbons (Fsp3) is 0.643. The fourth-order valence-corrected chi connectivity index (χ4v) is 2.47. The van der Waals surface area contributed by atoms with Gasteiger partial charge in [0.15, 0.2) is 5.82 Å². The van der Waals surface area contributed by atoms with Gasteiger partial charge in [-0.3, -0.25) is 9.59 Å². The van der Waals surface area contributed by atoms with Crippen LogP contribution in [0.25, 0.3) is 0 Å². The van der Waals surface area contributed by atoms with E-state index in [0.717, 1.165) is 25.7 Å². The van der Waals surface area contributed by atoms with Crippen LogP contribution in [-0.2, 0) is 11.8 Å². The maximum Gasteiger partial charge on any atom is 0.287 e. The van der Waals surface area contributed by atoms with Gasteiger partial charge in [-0.1, -0.05) is 19.3 Å². The van der Waals surface area contributed by atoms with Crippen LogP contribution >= 0.6 is 0 Å². The maximum absolute atomic E-state index is 12.2. The van der Waals surface area contributed by atoms with Crippen LogP contribution in [0, 0.1) is 0 Å². The molecule has 0 aliphatic heterocycles. The van der Waals surface area contributed by atoms with E-state index in [9.17, 15) is 9.59 Å². The highest BCUT2D eigenvalue weighted by Gasteiger charge is 2.20. The highest BCUT2D eigenvalue weighted by atomic mass is 16.2. The molecule has 1 heterocycles. The lowest BCUT2D eigenvalue weighted by Crippen LogP contribution is -2.37. The van der Waals surface area contributed by atoms with Crippen molar-refractivity contribution in [3.05, 3.63) is 12.0 Å².